The van der Waals surface area contributed by atoms with Gasteiger partial charge in [-0.15, -0.1) is 0 Å². The van der Waals surface area contributed by atoms with E-state index in [1.807, 2.05) is 12.1 Å². The van der Waals surface area contributed by atoms with Crippen molar-refractivity contribution in [3.05, 3.63) is 30.0 Å². The Hall–Kier alpha value is -1.88. The van der Waals surface area contributed by atoms with Crippen molar-refractivity contribution in [1.82, 2.24) is 4.98 Å². The molecular weight excluding hydrogens is 256 g/mol. The SMILES string of the molecule is COCC1CCCN(c2ncccc2/C=C/C(=O)O)C1. The molecule has 1 atom stereocenters. The summed E-state index contributed by atoms with van der Waals surface area (Å²) in [6.45, 7) is 2.60. The summed E-state index contributed by atoms with van der Waals surface area (Å²) < 4.78 is 5.24. The van der Waals surface area contributed by atoms with Gasteiger partial charge >= 0.3 is 5.97 Å². The molecule has 1 saturated heterocycles. The highest BCUT2D eigenvalue weighted by Crippen LogP contribution is 2.25. The van der Waals surface area contributed by atoms with Crippen LogP contribution in [0.3, 0.4) is 0 Å². The minimum Gasteiger partial charge on any atom is -0.478 e. The number of nitrogens with zero attached hydrogens (tertiary/aromatic N) is 2. The standard InChI is InChI=1S/C15H20N2O3/c1-20-11-12-4-3-9-17(10-12)15-13(5-2-8-16-15)6-7-14(18)19/h2,5-8,12H,3-4,9-11H2,1H3,(H,18,19)/b7-6+. The van der Waals surface area contributed by atoms with Crippen molar-refractivity contribution in [3.63, 3.8) is 0 Å². The van der Waals surface area contributed by atoms with E-state index < -0.39 is 5.97 Å². The normalized spacial score (nSPS) is 19.4. The maximum Gasteiger partial charge on any atom is 0.328 e. The Bertz CT molecular complexity index is 486. The van der Waals surface area contributed by atoms with Crippen LogP contribution in [0.5, 0.6) is 0 Å². The number of anilines is 1. The van der Waals surface area contributed by atoms with Crippen molar-refractivity contribution in [2.45, 2.75) is 12.8 Å². The summed E-state index contributed by atoms with van der Waals surface area (Å²) in [7, 11) is 1.72. The number of ether oxygens (including phenoxy) is 1. The zero-order valence-corrected chi connectivity index (χ0v) is 11.7. The van der Waals surface area contributed by atoms with Crippen molar-refractivity contribution < 1.29 is 14.6 Å². The minimum absolute atomic E-state index is 0.507. The molecule has 0 bridgehead atoms. The Kier molecular flexibility index (Phi) is 5.12. The fourth-order valence-electron chi connectivity index (χ4n) is 2.59. The van der Waals surface area contributed by atoms with Gasteiger partial charge in [0.1, 0.15) is 5.82 Å². The summed E-state index contributed by atoms with van der Waals surface area (Å²) in [5.74, 6) is 0.411. The Balaban J connectivity index is 2.17. The van der Waals surface area contributed by atoms with Gasteiger partial charge in [0.15, 0.2) is 0 Å². The number of carboxylic acid groups (broad SMARTS) is 1. The van der Waals surface area contributed by atoms with E-state index in [0.717, 1.165) is 50.0 Å². The monoisotopic (exact) mass is 276 g/mol. The lowest BCUT2D eigenvalue weighted by Crippen LogP contribution is -2.38. The molecule has 1 N–H and O–H groups in total. The van der Waals surface area contributed by atoms with Crippen molar-refractivity contribution in [2.75, 3.05) is 31.7 Å². The number of hydrogen-bond acceptors (Lipinski definition) is 4. The quantitative estimate of drug-likeness (QED) is 0.834. The molecule has 1 aliphatic rings. The van der Waals surface area contributed by atoms with Crippen LogP contribution in [0.4, 0.5) is 5.82 Å². The second-order valence-corrected chi connectivity index (χ2v) is 5.00. The van der Waals surface area contributed by atoms with E-state index in [-0.39, 0.29) is 0 Å². The Morgan fingerprint density at radius 2 is 2.50 bits per heavy atom. The highest BCUT2D eigenvalue weighted by atomic mass is 16.5. The molecule has 0 amide bonds. The first-order valence-corrected chi connectivity index (χ1v) is 6.80. The van der Waals surface area contributed by atoms with Gasteiger partial charge in [0, 0.05) is 38.0 Å². The molecule has 20 heavy (non-hydrogen) atoms. The molecule has 1 aromatic heterocycles. The molecule has 1 aliphatic heterocycles. The fourth-order valence-corrected chi connectivity index (χ4v) is 2.59. The first-order chi connectivity index (χ1) is 9.70. The van der Waals surface area contributed by atoms with E-state index in [0.29, 0.717) is 5.92 Å². The first kappa shape index (κ1) is 14.5. The summed E-state index contributed by atoms with van der Waals surface area (Å²) in [5, 5.41) is 8.75. The highest BCUT2D eigenvalue weighted by molar-refractivity contribution is 5.86. The number of carbonyl (C=O) groups is 1. The lowest BCUT2D eigenvalue weighted by atomic mass is 9.98. The van der Waals surface area contributed by atoms with E-state index in [2.05, 4.69) is 9.88 Å². The van der Waals surface area contributed by atoms with E-state index >= 15 is 0 Å². The summed E-state index contributed by atoms with van der Waals surface area (Å²) >= 11 is 0. The summed E-state index contributed by atoms with van der Waals surface area (Å²) in [5.41, 5.74) is 0.841. The Morgan fingerprint density at radius 3 is 3.25 bits per heavy atom. The number of rotatable bonds is 5. The molecule has 0 aliphatic carbocycles. The molecular formula is C15H20N2O3. The van der Waals surface area contributed by atoms with Crippen LogP contribution >= 0.6 is 0 Å². The van der Waals surface area contributed by atoms with Gasteiger partial charge in [-0.1, -0.05) is 0 Å². The average Bonchev–Trinajstić information content (AvgIpc) is 2.46. The topological polar surface area (TPSA) is 62.7 Å². The van der Waals surface area contributed by atoms with Crippen molar-refractivity contribution in [3.8, 4) is 0 Å². The van der Waals surface area contributed by atoms with Crippen molar-refractivity contribution >= 4 is 17.9 Å². The molecule has 1 fully saturated rings. The number of methoxy groups -OCH3 is 1. The third-order valence-electron chi connectivity index (χ3n) is 3.44. The van der Waals surface area contributed by atoms with E-state index in [4.69, 9.17) is 9.84 Å². The van der Waals surface area contributed by atoms with Crippen LogP contribution in [0.25, 0.3) is 6.08 Å². The van der Waals surface area contributed by atoms with Gasteiger partial charge in [-0.2, -0.15) is 0 Å². The van der Waals surface area contributed by atoms with Crippen LogP contribution in [0, 0.1) is 5.92 Å². The number of aliphatic carboxylic acids is 1. The molecule has 2 rings (SSSR count). The molecule has 5 nitrogen and oxygen atoms in total. The van der Waals surface area contributed by atoms with Crippen LogP contribution in [0.1, 0.15) is 18.4 Å². The zero-order valence-electron chi connectivity index (χ0n) is 11.7. The summed E-state index contributed by atoms with van der Waals surface area (Å²) in [6.07, 6.45) is 6.76. The lowest BCUT2D eigenvalue weighted by molar-refractivity contribution is -0.131. The Labute approximate surface area is 118 Å². The van der Waals surface area contributed by atoms with Gasteiger partial charge in [0.2, 0.25) is 0 Å². The number of piperidine rings is 1. The molecule has 0 radical (unpaired) electrons. The van der Waals surface area contributed by atoms with Gasteiger partial charge in [-0.25, -0.2) is 9.78 Å². The first-order valence-electron chi connectivity index (χ1n) is 6.80. The van der Waals surface area contributed by atoms with Crippen molar-refractivity contribution in [2.24, 2.45) is 5.92 Å². The molecule has 2 heterocycles. The smallest absolute Gasteiger partial charge is 0.328 e. The van der Waals surface area contributed by atoms with Gasteiger partial charge < -0.3 is 14.7 Å². The second-order valence-electron chi connectivity index (χ2n) is 5.00. The van der Waals surface area contributed by atoms with Gasteiger partial charge in [-0.05, 0) is 37.0 Å². The molecule has 1 aromatic rings. The van der Waals surface area contributed by atoms with Gasteiger partial charge in [-0.3, -0.25) is 0 Å². The second kappa shape index (κ2) is 7.05. The molecule has 1 unspecified atom stereocenters. The average molecular weight is 276 g/mol. The minimum atomic E-state index is -0.948. The van der Waals surface area contributed by atoms with Crippen LogP contribution < -0.4 is 4.90 Å². The number of aromatic nitrogens is 1. The predicted molar refractivity (Wildman–Crippen MR) is 77.7 cm³/mol. The molecule has 0 spiro atoms. The highest BCUT2D eigenvalue weighted by Gasteiger charge is 2.21. The van der Waals surface area contributed by atoms with Gasteiger partial charge in [0.25, 0.3) is 0 Å². The third-order valence-corrected chi connectivity index (χ3v) is 3.44. The zero-order chi connectivity index (χ0) is 14.4. The number of carboxylic acids is 1. The summed E-state index contributed by atoms with van der Waals surface area (Å²) in [4.78, 5) is 17.3. The molecule has 0 aromatic carbocycles. The Morgan fingerprint density at radius 1 is 1.65 bits per heavy atom. The third kappa shape index (κ3) is 3.81. The number of hydrogen-bond donors (Lipinski definition) is 1. The van der Waals surface area contributed by atoms with E-state index in [1.54, 1.807) is 19.4 Å². The predicted octanol–water partition coefficient (Wildman–Crippen LogP) is 2.04. The van der Waals surface area contributed by atoms with Crippen LogP contribution in [0.15, 0.2) is 24.4 Å². The van der Waals surface area contributed by atoms with Crippen molar-refractivity contribution in [1.29, 1.82) is 0 Å². The molecule has 0 saturated carbocycles. The molecule has 5 heteroatoms. The number of pyridine rings is 1. The fraction of sp³-hybridized carbons (Fsp3) is 0.467. The lowest BCUT2D eigenvalue weighted by Gasteiger charge is -2.34. The maximum atomic E-state index is 10.7. The summed E-state index contributed by atoms with van der Waals surface area (Å²) in [6, 6.07) is 3.71. The van der Waals surface area contributed by atoms with E-state index in [1.165, 1.54) is 0 Å². The molecule has 108 valence electrons. The van der Waals surface area contributed by atoms with Crippen LogP contribution in [0.2, 0.25) is 0 Å². The van der Waals surface area contributed by atoms with Crippen LogP contribution in [-0.2, 0) is 9.53 Å². The van der Waals surface area contributed by atoms with Gasteiger partial charge in [0.05, 0.1) is 6.61 Å². The van der Waals surface area contributed by atoms with Crippen LogP contribution in [-0.4, -0.2) is 42.9 Å². The largest absolute Gasteiger partial charge is 0.478 e. The van der Waals surface area contributed by atoms with E-state index in [9.17, 15) is 4.79 Å². The maximum absolute atomic E-state index is 10.7.